The maximum absolute atomic E-state index is 11.8. The first-order valence-electron chi connectivity index (χ1n) is 6.17. The van der Waals surface area contributed by atoms with Gasteiger partial charge in [0.25, 0.3) is 5.91 Å². The Hall–Kier alpha value is -2.24. The molecular weight excluding hydrogens is 329 g/mol. The van der Waals surface area contributed by atoms with E-state index < -0.39 is 11.9 Å². The molecule has 2 aromatic carbocycles. The lowest BCUT2D eigenvalue weighted by Gasteiger charge is -2.09. The monoisotopic (exact) mass is 339 g/mol. The van der Waals surface area contributed by atoms with Gasteiger partial charge in [0, 0.05) is 10.7 Å². The van der Waals surface area contributed by atoms with Gasteiger partial charge in [0.05, 0.1) is 10.6 Å². The predicted octanol–water partition coefficient (Wildman–Crippen LogP) is 3.71. The molecular formula is C15H11Cl2NO4. The van der Waals surface area contributed by atoms with Gasteiger partial charge in [0.1, 0.15) is 5.75 Å². The summed E-state index contributed by atoms with van der Waals surface area (Å²) in [5.74, 6) is -1.17. The van der Waals surface area contributed by atoms with Crippen LogP contribution in [0.5, 0.6) is 5.75 Å². The molecule has 0 bridgehead atoms. The molecule has 1 amide bonds. The van der Waals surface area contributed by atoms with E-state index in [0.717, 1.165) is 0 Å². The Bertz CT molecular complexity index is 718. The number of hydrogen-bond donors (Lipinski definition) is 2. The lowest BCUT2D eigenvalue weighted by Crippen LogP contribution is -2.20. The van der Waals surface area contributed by atoms with Crippen molar-refractivity contribution in [3.05, 3.63) is 58.1 Å². The molecule has 22 heavy (non-hydrogen) atoms. The molecule has 2 N–H and O–H groups in total. The van der Waals surface area contributed by atoms with Crippen molar-refractivity contribution in [2.75, 3.05) is 11.9 Å². The number of nitrogens with one attached hydrogen (secondary N) is 1. The molecule has 0 aliphatic heterocycles. The van der Waals surface area contributed by atoms with Crippen LogP contribution in [0, 0.1) is 0 Å². The standard InChI is InChI=1S/C15H11Cl2NO4/c16-10-4-5-13(12(17)7-10)22-8-14(19)18-11-3-1-2-9(6-11)15(20)21/h1-7H,8H2,(H,18,19)(H,20,21). The number of amides is 1. The van der Waals surface area contributed by atoms with Gasteiger partial charge in [0.2, 0.25) is 0 Å². The van der Waals surface area contributed by atoms with E-state index in [2.05, 4.69) is 5.32 Å². The minimum Gasteiger partial charge on any atom is -0.482 e. The van der Waals surface area contributed by atoms with E-state index in [-0.39, 0.29) is 12.2 Å². The molecule has 0 aromatic heterocycles. The van der Waals surface area contributed by atoms with Gasteiger partial charge in [-0.2, -0.15) is 0 Å². The van der Waals surface area contributed by atoms with Gasteiger partial charge in [0.15, 0.2) is 6.61 Å². The number of carboxylic acids is 1. The van der Waals surface area contributed by atoms with Crippen molar-refractivity contribution >= 4 is 40.8 Å². The van der Waals surface area contributed by atoms with Crippen LogP contribution >= 0.6 is 23.2 Å². The van der Waals surface area contributed by atoms with Gasteiger partial charge in [-0.25, -0.2) is 4.79 Å². The Morgan fingerprint density at radius 3 is 2.59 bits per heavy atom. The minimum absolute atomic E-state index is 0.0828. The topological polar surface area (TPSA) is 75.6 Å². The number of hydrogen-bond acceptors (Lipinski definition) is 3. The van der Waals surface area contributed by atoms with Crippen LogP contribution in [-0.2, 0) is 4.79 Å². The number of halogens is 2. The van der Waals surface area contributed by atoms with Gasteiger partial charge in [-0.15, -0.1) is 0 Å². The zero-order valence-corrected chi connectivity index (χ0v) is 12.7. The molecule has 5 nitrogen and oxygen atoms in total. The van der Waals surface area contributed by atoms with Crippen molar-refractivity contribution in [3.8, 4) is 5.75 Å². The molecule has 0 aliphatic carbocycles. The average molecular weight is 340 g/mol. The second kappa shape index (κ2) is 7.15. The van der Waals surface area contributed by atoms with E-state index in [1.54, 1.807) is 18.2 Å². The number of carbonyl (C=O) groups is 2. The average Bonchev–Trinajstić information content (AvgIpc) is 2.46. The molecule has 7 heteroatoms. The predicted molar refractivity (Wildman–Crippen MR) is 84.0 cm³/mol. The molecule has 0 radical (unpaired) electrons. The molecule has 0 aliphatic rings. The van der Waals surface area contributed by atoms with Crippen LogP contribution in [0.3, 0.4) is 0 Å². The molecule has 0 saturated heterocycles. The van der Waals surface area contributed by atoms with Crippen LogP contribution in [-0.4, -0.2) is 23.6 Å². The second-order valence-electron chi connectivity index (χ2n) is 4.30. The summed E-state index contributed by atoms with van der Waals surface area (Å²) >= 11 is 11.7. The lowest BCUT2D eigenvalue weighted by molar-refractivity contribution is -0.118. The molecule has 2 aromatic rings. The third kappa shape index (κ3) is 4.38. The van der Waals surface area contributed by atoms with Crippen molar-refractivity contribution in [1.29, 1.82) is 0 Å². The van der Waals surface area contributed by atoms with Gasteiger partial charge in [-0.1, -0.05) is 29.3 Å². The number of rotatable bonds is 5. The Morgan fingerprint density at radius 2 is 1.91 bits per heavy atom. The summed E-state index contributed by atoms with van der Waals surface area (Å²) in [7, 11) is 0. The molecule has 0 atom stereocenters. The highest BCUT2D eigenvalue weighted by Gasteiger charge is 2.08. The van der Waals surface area contributed by atoms with E-state index in [4.69, 9.17) is 33.0 Å². The number of aromatic carboxylic acids is 1. The molecule has 0 unspecified atom stereocenters. The number of ether oxygens (including phenoxy) is 1. The summed E-state index contributed by atoms with van der Waals surface area (Å²) in [5.41, 5.74) is 0.454. The zero-order valence-electron chi connectivity index (χ0n) is 11.2. The Morgan fingerprint density at radius 1 is 1.14 bits per heavy atom. The third-order valence-electron chi connectivity index (χ3n) is 2.65. The molecule has 0 spiro atoms. The smallest absolute Gasteiger partial charge is 0.335 e. The highest BCUT2D eigenvalue weighted by molar-refractivity contribution is 6.35. The maximum atomic E-state index is 11.8. The van der Waals surface area contributed by atoms with Crippen molar-refractivity contribution in [2.45, 2.75) is 0 Å². The number of anilines is 1. The van der Waals surface area contributed by atoms with Crippen LogP contribution in [0.15, 0.2) is 42.5 Å². The van der Waals surface area contributed by atoms with Gasteiger partial charge in [-0.3, -0.25) is 4.79 Å². The van der Waals surface area contributed by atoms with Crippen molar-refractivity contribution in [3.63, 3.8) is 0 Å². The van der Waals surface area contributed by atoms with E-state index in [1.165, 1.54) is 24.3 Å². The Kier molecular flexibility index (Phi) is 5.25. The first-order chi connectivity index (χ1) is 10.5. The summed E-state index contributed by atoms with van der Waals surface area (Å²) in [6, 6.07) is 10.6. The minimum atomic E-state index is -1.07. The fourth-order valence-electron chi connectivity index (χ4n) is 1.66. The van der Waals surface area contributed by atoms with Crippen molar-refractivity contribution < 1.29 is 19.4 Å². The van der Waals surface area contributed by atoms with Crippen LogP contribution in [0.2, 0.25) is 10.0 Å². The van der Waals surface area contributed by atoms with Crippen LogP contribution < -0.4 is 10.1 Å². The van der Waals surface area contributed by atoms with Gasteiger partial charge in [-0.05, 0) is 36.4 Å². The summed E-state index contributed by atoms with van der Waals surface area (Å²) < 4.78 is 5.28. The summed E-state index contributed by atoms with van der Waals surface area (Å²) in [6.45, 7) is -0.265. The van der Waals surface area contributed by atoms with E-state index in [1.807, 2.05) is 0 Å². The van der Waals surface area contributed by atoms with Crippen LogP contribution in [0.1, 0.15) is 10.4 Å². The SMILES string of the molecule is O=C(COc1ccc(Cl)cc1Cl)Nc1cccc(C(=O)O)c1. The van der Waals surface area contributed by atoms with Crippen molar-refractivity contribution in [1.82, 2.24) is 0 Å². The first-order valence-corrected chi connectivity index (χ1v) is 6.92. The van der Waals surface area contributed by atoms with Crippen LogP contribution in [0.25, 0.3) is 0 Å². The quantitative estimate of drug-likeness (QED) is 0.870. The fourth-order valence-corrected chi connectivity index (χ4v) is 2.13. The van der Waals surface area contributed by atoms with E-state index >= 15 is 0 Å². The zero-order chi connectivity index (χ0) is 16.1. The largest absolute Gasteiger partial charge is 0.482 e. The first kappa shape index (κ1) is 16.1. The molecule has 114 valence electrons. The molecule has 2 rings (SSSR count). The number of carbonyl (C=O) groups excluding carboxylic acids is 1. The summed E-state index contributed by atoms with van der Waals surface area (Å²) in [5, 5.41) is 12.2. The Balaban J connectivity index is 1.95. The van der Waals surface area contributed by atoms with Crippen LogP contribution in [0.4, 0.5) is 5.69 Å². The van der Waals surface area contributed by atoms with E-state index in [9.17, 15) is 9.59 Å². The van der Waals surface area contributed by atoms with Crippen molar-refractivity contribution in [2.24, 2.45) is 0 Å². The number of benzene rings is 2. The van der Waals surface area contributed by atoms with E-state index in [0.29, 0.717) is 21.5 Å². The fraction of sp³-hybridized carbons (Fsp3) is 0.0667. The molecule has 0 heterocycles. The Labute approximate surface area is 136 Å². The third-order valence-corrected chi connectivity index (χ3v) is 3.18. The molecule has 0 fully saturated rings. The van der Waals surface area contributed by atoms with Gasteiger partial charge >= 0.3 is 5.97 Å². The highest BCUT2D eigenvalue weighted by atomic mass is 35.5. The highest BCUT2D eigenvalue weighted by Crippen LogP contribution is 2.27. The number of carboxylic acid groups (broad SMARTS) is 1. The summed E-state index contributed by atoms with van der Waals surface area (Å²) in [4.78, 5) is 22.6. The van der Waals surface area contributed by atoms with Gasteiger partial charge < -0.3 is 15.2 Å². The normalized spacial score (nSPS) is 10.1. The lowest BCUT2D eigenvalue weighted by atomic mass is 10.2. The summed E-state index contributed by atoms with van der Waals surface area (Å²) in [6.07, 6.45) is 0. The molecule has 0 saturated carbocycles. The maximum Gasteiger partial charge on any atom is 0.335 e. The second-order valence-corrected chi connectivity index (χ2v) is 5.14.